The van der Waals surface area contributed by atoms with Gasteiger partial charge in [0.25, 0.3) is 0 Å². The lowest BCUT2D eigenvalue weighted by Crippen LogP contribution is -2.41. The van der Waals surface area contributed by atoms with Crippen molar-refractivity contribution in [2.75, 3.05) is 18.8 Å². The summed E-state index contributed by atoms with van der Waals surface area (Å²) in [5.41, 5.74) is -0.437. The van der Waals surface area contributed by atoms with Crippen LogP contribution in [0.4, 0.5) is 4.79 Å². The average molecular weight is 386 g/mol. The van der Waals surface area contributed by atoms with Gasteiger partial charge >= 0.3 is 12.1 Å². The van der Waals surface area contributed by atoms with Gasteiger partial charge in [-0.25, -0.2) is 9.59 Å². The highest BCUT2D eigenvalue weighted by Crippen LogP contribution is 2.30. The number of piperidine rings is 1. The summed E-state index contributed by atoms with van der Waals surface area (Å²) in [6.07, 6.45) is 4.14. The number of thioether (sulfide) groups is 1. The van der Waals surface area contributed by atoms with Crippen LogP contribution in [-0.2, 0) is 4.74 Å². The molecule has 1 aromatic rings. The molecule has 2 rings (SSSR count). The van der Waals surface area contributed by atoms with Gasteiger partial charge in [-0.1, -0.05) is 0 Å². The van der Waals surface area contributed by atoms with Gasteiger partial charge in [0, 0.05) is 13.1 Å². The van der Waals surface area contributed by atoms with Gasteiger partial charge in [0.15, 0.2) is 0 Å². The van der Waals surface area contributed by atoms with Crippen LogP contribution in [0.2, 0.25) is 0 Å². The van der Waals surface area contributed by atoms with Crippen molar-refractivity contribution in [3.63, 3.8) is 0 Å². The van der Waals surface area contributed by atoms with Crippen LogP contribution in [-0.4, -0.2) is 46.5 Å². The van der Waals surface area contributed by atoms with Crippen molar-refractivity contribution in [2.24, 2.45) is 5.92 Å². The molecule has 0 spiro atoms. The zero-order valence-corrected chi connectivity index (χ0v) is 16.8. The van der Waals surface area contributed by atoms with E-state index in [-0.39, 0.29) is 6.09 Å². The number of hydrogen-bond acceptors (Lipinski definition) is 5. The second-order valence-corrected chi connectivity index (χ2v) is 9.80. The van der Waals surface area contributed by atoms with Crippen molar-refractivity contribution in [1.82, 2.24) is 4.90 Å². The highest BCUT2D eigenvalue weighted by molar-refractivity contribution is 8.01. The van der Waals surface area contributed by atoms with Crippen LogP contribution in [0.1, 0.15) is 56.1 Å². The summed E-state index contributed by atoms with van der Waals surface area (Å²) in [7, 11) is 0. The number of carboxylic acids is 1. The summed E-state index contributed by atoms with van der Waals surface area (Å²) in [6, 6.07) is 3.56. The van der Waals surface area contributed by atoms with E-state index in [2.05, 4.69) is 0 Å². The number of rotatable bonds is 6. The lowest BCUT2D eigenvalue weighted by Gasteiger charge is -2.33. The fourth-order valence-electron chi connectivity index (χ4n) is 2.79. The molecular weight excluding hydrogens is 358 g/mol. The summed E-state index contributed by atoms with van der Waals surface area (Å²) >= 11 is 3.07. The van der Waals surface area contributed by atoms with E-state index >= 15 is 0 Å². The molecule has 0 saturated carbocycles. The number of likely N-dealkylation sites (tertiary alicyclic amines) is 1. The molecule has 0 atom stereocenters. The fourth-order valence-corrected chi connectivity index (χ4v) is 4.80. The molecule has 5 nitrogen and oxygen atoms in total. The Morgan fingerprint density at radius 1 is 1.32 bits per heavy atom. The number of nitrogens with zero attached hydrogens (tertiary/aromatic N) is 1. The molecule has 1 aliphatic heterocycles. The van der Waals surface area contributed by atoms with E-state index in [1.165, 1.54) is 11.3 Å². The second-order valence-electron chi connectivity index (χ2n) is 7.33. The molecule has 1 amide bonds. The second kappa shape index (κ2) is 8.94. The average Bonchev–Trinajstić information content (AvgIpc) is 2.99. The number of aromatic carboxylic acids is 1. The smallest absolute Gasteiger partial charge is 0.410 e. The molecule has 0 radical (unpaired) electrons. The highest BCUT2D eigenvalue weighted by Gasteiger charge is 2.26. The first-order valence-electron chi connectivity index (χ1n) is 8.68. The van der Waals surface area contributed by atoms with Gasteiger partial charge in [-0.2, -0.15) is 0 Å². The summed E-state index contributed by atoms with van der Waals surface area (Å²) in [6.45, 7) is 7.23. The Hall–Kier alpha value is -1.21. The van der Waals surface area contributed by atoms with Gasteiger partial charge in [-0.05, 0) is 70.3 Å². The number of amides is 1. The van der Waals surface area contributed by atoms with E-state index in [0.717, 1.165) is 48.7 Å². The van der Waals surface area contributed by atoms with E-state index in [1.54, 1.807) is 17.8 Å². The van der Waals surface area contributed by atoms with Gasteiger partial charge in [0.1, 0.15) is 10.5 Å². The molecule has 7 heteroatoms. The topological polar surface area (TPSA) is 66.8 Å². The van der Waals surface area contributed by atoms with E-state index < -0.39 is 11.6 Å². The van der Waals surface area contributed by atoms with E-state index in [0.29, 0.717) is 10.8 Å². The van der Waals surface area contributed by atoms with Gasteiger partial charge < -0.3 is 14.7 Å². The molecule has 140 valence electrons. The third-order valence-electron chi connectivity index (χ3n) is 4.06. The number of ether oxygens (including phenoxy) is 1. The molecule has 2 heterocycles. The van der Waals surface area contributed by atoms with Crippen LogP contribution < -0.4 is 0 Å². The standard InChI is InChI=1S/C18H27NO4S2/c1-18(2,3)23-17(22)19-10-8-13(9-11-19)5-4-12-24-15-7-6-14(25-15)16(20)21/h6-7,13H,4-5,8-12H2,1-3H3,(H,20,21). The van der Waals surface area contributed by atoms with E-state index in [4.69, 9.17) is 9.84 Å². The van der Waals surface area contributed by atoms with Crippen molar-refractivity contribution in [3.05, 3.63) is 17.0 Å². The normalized spacial score (nSPS) is 16.0. The Balaban J connectivity index is 1.62. The molecule has 1 aromatic heterocycles. The third kappa shape index (κ3) is 6.90. The minimum atomic E-state index is -0.853. The number of carboxylic acid groups (broad SMARTS) is 1. The van der Waals surface area contributed by atoms with Gasteiger partial charge in [0.2, 0.25) is 0 Å². The summed E-state index contributed by atoms with van der Waals surface area (Å²) in [5, 5.41) is 8.93. The van der Waals surface area contributed by atoms with Gasteiger partial charge in [-0.3, -0.25) is 0 Å². The van der Waals surface area contributed by atoms with Crippen molar-refractivity contribution in [3.8, 4) is 0 Å². The van der Waals surface area contributed by atoms with Crippen LogP contribution in [0.25, 0.3) is 0 Å². The van der Waals surface area contributed by atoms with Crippen LogP contribution in [0.5, 0.6) is 0 Å². The van der Waals surface area contributed by atoms with Crippen molar-refractivity contribution >= 4 is 35.2 Å². The maximum absolute atomic E-state index is 12.0. The van der Waals surface area contributed by atoms with Crippen LogP contribution in [0, 0.1) is 5.92 Å². The first-order valence-corrected chi connectivity index (χ1v) is 10.5. The first-order chi connectivity index (χ1) is 11.7. The zero-order chi connectivity index (χ0) is 18.4. The van der Waals surface area contributed by atoms with Crippen LogP contribution in [0.3, 0.4) is 0 Å². The number of carbonyl (C=O) groups excluding carboxylic acids is 1. The van der Waals surface area contributed by atoms with Crippen molar-refractivity contribution in [1.29, 1.82) is 0 Å². The quantitative estimate of drug-likeness (QED) is 0.553. The maximum atomic E-state index is 12.0. The Labute approximate surface area is 157 Å². The van der Waals surface area contributed by atoms with Gasteiger partial charge in [0.05, 0.1) is 4.21 Å². The third-order valence-corrected chi connectivity index (χ3v) is 6.44. The molecule has 1 aliphatic rings. The largest absolute Gasteiger partial charge is 0.477 e. The Kier molecular flexibility index (Phi) is 7.19. The number of carbonyl (C=O) groups is 2. The van der Waals surface area contributed by atoms with E-state index in [1.807, 2.05) is 31.7 Å². The number of thiophene rings is 1. The summed E-state index contributed by atoms with van der Waals surface area (Å²) < 4.78 is 6.49. The zero-order valence-electron chi connectivity index (χ0n) is 15.1. The predicted octanol–water partition coefficient (Wildman–Crippen LogP) is 4.97. The number of hydrogen-bond donors (Lipinski definition) is 1. The molecule has 1 fully saturated rings. The van der Waals surface area contributed by atoms with Crippen LogP contribution >= 0.6 is 23.1 Å². The highest BCUT2D eigenvalue weighted by atomic mass is 32.2. The Bertz CT molecular complexity index is 586. The van der Waals surface area contributed by atoms with Crippen molar-refractivity contribution < 1.29 is 19.4 Å². The molecular formula is C18H27NO4S2. The Morgan fingerprint density at radius 3 is 2.56 bits per heavy atom. The Morgan fingerprint density at radius 2 is 2.00 bits per heavy atom. The molecule has 25 heavy (non-hydrogen) atoms. The predicted molar refractivity (Wildman–Crippen MR) is 102 cm³/mol. The van der Waals surface area contributed by atoms with Gasteiger partial charge in [-0.15, -0.1) is 23.1 Å². The van der Waals surface area contributed by atoms with Crippen LogP contribution in [0.15, 0.2) is 16.3 Å². The lowest BCUT2D eigenvalue weighted by molar-refractivity contribution is 0.0181. The molecule has 0 aliphatic carbocycles. The molecule has 0 bridgehead atoms. The SMILES string of the molecule is CC(C)(C)OC(=O)N1CCC(CCCSc2ccc(C(=O)O)s2)CC1. The maximum Gasteiger partial charge on any atom is 0.410 e. The molecule has 1 saturated heterocycles. The minimum Gasteiger partial charge on any atom is -0.477 e. The van der Waals surface area contributed by atoms with Crippen molar-refractivity contribution in [2.45, 2.75) is 56.3 Å². The summed E-state index contributed by atoms with van der Waals surface area (Å²) in [5.74, 6) is 0.817. The fraction of sp³-hybridized carbons (Fsp3) is 0.667. The lowest BCUT2D eigenvalue weighted by atomic mass is 9.93. The van der Waals surface area contributed by atoms with E-state index in [9.17, 15) is 9.59 Å². The summed E-state index contributed by atoms with van der Waals surface area (Å²) in [4.78, 5) is 25.1. The molecule has 1 N–H and O–H groups in total. The monoisotopic (exact) mass is 385 g/mol. The molecule has 0 unspecified atom stereocenters. The molecule has 0 aromatic carbocycles. The minimum absolute atomic E-state index is 0.201. The first kappa shape index (κ1) is 20.1.